The van der Waals surface area contributed by atoms with Gasteiger partial charge in [-0.25, -0.2) is 17.8 Å². The van der Waals surface area contributed by atoms with E-state index in [4.69, 9.17) is 5.73 Å². The number of pyridine rings is 1. The van der Waals surface area contributed by atoms with Crippen LogP contribution in [0.3, 0.4) is 0 Å². The van der Waals surface area contributed by atoms with Gasteiger partial charge in [-0.2, -0.15) is 0 Å². The summed E-state index contributed by atoms with van der Waals surface area (Å²) >= 11 is 7.87. The van der Waals surface area contributed by atoms with Gasteiger partial charge < -0.3 is 5.73 Å². The minimum atomic E-state index is -3.93. The topological polar surface area (TPSA) is 85.1 Å². The van der Waals surface area contributed by atoms with Crippen molar-refractivity contribution in [3.8, 4) is 0 Å². The van der Waals surface area contributed by atoms with E-state index in [1.54, 1.807) is 12.1 Å². The van der Waals surface area contributed by atoms with Crippen molar-refractivity contribution in [3.63, 3.8) is 0 Å². The third kappa shape index (κ3) is 3.55. The number of aromatic nitrogens is 1. The van der Waals surface area contributed by atoms with Gasteiger partial charge in [-0.3, -0.25) is 4.72 Å². The Kier molecular flexibility index (Phi) is 4.55. The molecule has 2 rings (SSSR count). The summed E-state index contributed by atoms with van der Waals surface area (Å²) in [5.74, 6) is -0.556. The Morgan fingerprint density at radius 2 is 2.10 bits per heavy atom. The summed E-state index contributed by atoms with van der Waals surface area (Å²) in [7, 11) is -3.93. The Hall–Kier alpha value is -1.58. The number of benzene rings is 1. The Bertz CT molecular complexity index is 812. The largest absolute Gasteiger partial charge is 0.389 e. The maximum Gasteiger partial charge on any atom is 0.263 e. The van der Waals surface area contributed by atoms with Crippen LogP contribution in [0.5, 0.6) is 0 Å². The standard InChI is InChI=1S/C12H9BrFN3O2S2/c13-9-2-1-5-16-12(9)17-21(18,19)7-3-4-10(14)8(6-7)11(15)20/h1-6H,(H2,15,20)(H,16,17). The van der Waals surface area contributed by atoms with Crippen LogP contribution >= 0.6 is 28.1 Å². The number of halogens is 2. The highest BCUT2D eigenvalue weighted by molar-refractivity contribution is 9.10. The molecule has 0 radical (unpaired) electrons. The number of thiocarbonyl (C=S) groups is 1. The van der Waals surface area contributed by atoms with E-state index in [-0.39, 0.29) is 21.3 Å². The molecule has 0 unspecified atom stereocenters. The number of hydrogen-bond acceptors (Lipinski definition) is 4. The second-order valence-electron chi connectivity index (χ2n) is 3.95. The molecule has 5 nitrogen and oxygen atoms in total. The number of anilines is 1. The number of nitrogens with zero attached hydrogens (tertiary/aromatic N) is 1. The molecule has 21 heavy (non-hydrogen) atoms. The van der Waals surface area contributed by atoms with E-state index in [0.29, 0.717) is 4.47 Å². The van der Waals surface area contributed by atoms with Crippen molar-refractivity contribution in [2.75, 3.05) is 4.72 Å². The quantitative estimate of drug-likeness (QED) is 0.784. The van der Waals surface area contributed by atoms with Gasteiger partial charge in [0.2, 0.25) is 0 Å². The van der Waals surface area contributed by atoms with Crippen LogP contribution in [0.2, 0.25) is 0 Å². The van der Waals surface area contributed by atoms with Crippen molar-refractivity contribution in [3.05, 3.63) is 52.4 Å². The van der Waals surface area contributed by atoms with Crippen LogP contribution in [0.1, 0.15) is 5.56 Å². The lowest BCUT2D eigenvalue weighted by Crippen LogP contribution is -2.17. The Balaban J connectivity index is 2.43. The molecular formula is C12H9BrFN3O2S2. The molecule has 9 heteroatoms. The van der Waals surface area contributed by atoms with Crippen LogP contribution in [0.15, 0.2) is 45.9 Å². The van der Waals surface area contributed by atoms with E-state index in [1.807, 2.05) is 0 Å². The van der Waals surface area contributed by atoms with Crippen LogP contribution in [-0.4, -0.2) is 18.4 Å². The van der Waals surface area contributed by atoms with Crippen molar-refractivity contribution in [2.24, 2.45) is 5.73 Å². The summed E-state index contributed by atoms with van der Waals surface area (Å²) < 4.78 is 40.8. The van der Waals surface area contributed by atoms with Crippen molar-refractivity contribution in [1.82, 2.24) is 4.98 Å². The lowest BCUT2D eigenvalue weighted by atomic mass is 10.2. The van der Waals surface area contributed by atoms with Crippen molar-refractivity contribution < 1.29 is 12.8 Å². The van der Waals surface area contributed by atoms with Crippen LogP contribution in [0, 0.1) is 5.82 Å². The van der Waals surface area contributed by atoms with Gasteiger partial charge in [-0.1, -0.05) is 12.2 Å². The fraction of sp³-hybridized carbons (Fsp3) is 0. The number of nitrogens with two attached hydrogens (primary N) is 1. The summed E-state index contributed by atoms with van der Waals surface area (Å²) in [4.78, 5) is 3.52. The average molecular weight is 390 g/mol. The minimum Gasteiger partial charge on any atom is -0.389 e. The first-order valence-corrected chi connectivity index (χ1v) is 8.22. The fourth-order valence-electron chi connectivity index (χ4n) is 1.51. The first kappa shape index (κ1) is 15.8. The van der Waals surface area contributed by atoms with Gasteiger partial charge >= 0.3 is 0 Å². The summed E-state index contributed by atoms with van der Waals surface area (Å²) in [5, 5.41) is 0. The molecule has 3 N–H and O–H groups in total. The lowest BCUT2D eigenvalue weighted by molar-refractivity contribution is 0.599. The van der Waals surface area contributed by atoms with E-state index in [0.717, 1.165) is 18.2 Å². The molecule has 0 saturated heterocycles. The molecule has 0 saturated carbocycles. The Labute approximate surface area is 134 Å². The average Bonchev–Trinajstić information content (AvgIpc) is 2.41. The number of sulfonamides is 1. The third-order valence-electron chi connectivity index (χ3n) is 2.50. The second kappa shape index (κ2) is 6.04. The van der Waals surface area contributed by atoms with Crippen LogP contribution in [0.4, 0.5) is 10.2 Å². The van der Waals surface area contributed by atoms with Gasteiger partial charge in [0.1, 0.15) is 10.8 Å². The molecule has 0 bridgehead atoms. The van der Waals surface area contributed by atoms with Gasteiger partial charge in [-0.15, -0.1) is 0 Å². The predicted octanol–water partition coefficient (Wildman–Crippen LogP) is 2.42. The fourth-order valence-corrected chi connectivity index (χ4v) is 3.20. The molecule has 0 aliphatic heterocycles. The number of rotatable bonds is 4. The maximum atomic E-state index is 13.5. The zero-order valence-corrected chi connectivity index (χ0v) is 13.6. The predicted molar refractivity (Wildman–Crippen MR) is 85.0 cm³/mol. The third-order valence-corrected chi connectivity index (χ3v) is 4.70. The molecule has 0 spiro atoms. The first-order chi connectivity index (χ1) is 9.81. The Morgan fingerprint density at radius 1 is 1.38 bits per heavy atom. The highest BCUT2D eigenvalue weighted by atomic mass is 79.9. The monoisotopic (exact) mass is 389 g/mol. The Morgan fingerprint density at radius 3 is 2.71 bits per heavy atom. The normalized spacial score (nSPS) is 11.1. The number of nitrogens with one attached hydrogen (secondary N) is 1. The first-order valence-electron chi connectivity index (χ1n) is 5.54. The van der Waals surface area contributed by atoms with Gasteiger partial charge in [0, 0.05) is 11.8 Å². The van der Waals surface area contributed by atoms with Crippen molar-refractivity contribution >= 4 is 49.0 Å². The van der Waals surface area contributed by atoms with Gasteiger partial charge in [0.05, 0.1) is 9.37 Å². The molecule has 1 aromatic carbocycles. The SMILES string of the molecule is NC(=S)c1cc(S(=O)(=O)Nc2ncccc2Br)ccc1F. The van der Waals surface area contributed by atoms with Crippen LogP contribution in [0.25, 0.3) is 0 Å². The summed E-state index contributed by atoms with van der Waals surface area (Å²) in [6.07, 6.45) is 1.44. The molecule has 0 fully saturated rings. The minimum absolute atomic E-state index is 0.124. The van der Waals surface area contributed by atoms with E-state index >= 15 is 0 Å². The van der Waals surface area contributed by atoms with Crippen molar-refractivity contribution in [2.45, 2.75) is 4.90 Å². The molecule has 110 valence electrons. The zero-order valence-electron chi connectivity index (χ0n) is 10.4. The van der Waals surface area contributed by atoms with Gasteiger partial charge in [-0.05, 0) is 46.3 Å². The maximum absolute atomic E-state index is 13.5. The van der Waals surface area contributed by atoms with Gasteiger partial charge in [0.25, 0.3) is 10.0 Å². The molecule has 1 heterocycles. The van der Waals surface area contributed by atoms with E-state index < -0.39 is 15.8 Å². The van der Waals surface area contributed by atoms with Crippen LogP contribution < -0.4 is 10.5 Å². The summed E-state index contributed by atoms with van der Waals surface area (Å²) in [6.45, 7) is 0. The smallest absolute Gasteiger partial charge is 0.263 e. The second-order valence-corrected chi connectivity index (χ2v) is 6.92. The highest BCUT2D eigenvalue weighted by Gasteiger charge is 2.18. The number of hydrogen-bond donors (Lipinski definition) is 2. The summed E-state index contributed by atoms with van der Waals surface area (Å²) in [6, 6.07) is 6.48. The van der Waals surface area contributed by atoms with E-state index in [9.17, 15) is 12.8 Å². The summed E-state index contributed by atoms with van der Waals surface area (Å²) in [5.41, 5.74) is 5.23. The molecule has 0 atom stereocenters. The molecule has 0 aliphatic rings. The highest BCUT2D eigenvalue weighted by Crippen LogP contribution is 2.23. The zero-order chi connectivity index (χ0) is 15.6. The molecule has 2 aromatic rings. The van der Waals surface area contributed by atoms with Crippen LogP contribution in [-0.2, 0) is 10.0 Å². The molecule has 0 amide bonds. The molecule has 1 aromatic heterocycles. The molecular weight excluding hydrogens is 381 g/mol. The lowest BCUT2D eigenvalue weighted by Gasteiger charge is -2.10. The van der Waals surface area contributed by atoms with Crippen molar-refractivity contribution in [1.29, 1.82) is 0 Å². The van der Waals surface area contributed by atoms with Gasteiger partial charge in [0.15, 0.2) is 5.82 Å². The molecule has 0 aliphatic carbocycles. The van der Waals surface area contributed by atoms with E-state index in [2.05, 4.69) is 37.9 Å². The van der Waals surface area contributed by atoms with E-state index in [1.165, 1.54) is 6.20 Å².